The smallest absolute Gasteiger partial charge is 0.222 e. The Kier molecular flexibility index (Phi) is 5.25. The minimum atomic E-state index is 0.283. The normalized spacial score (nSPS) is 15.3. The van der Waals surface area contributed by atoms with Crippen LogP contribution in [0.25, 0.3) is 0 Å². The molecule has 1 aliphatic heterocycles. The maximum atomic E-state index is 12.1. The molecule has 0 aliphatic carbocycles. The number of rotatable bonds is 5. The lowest BCUT2D eigenvalue weighted by atomic mass is 10.1. The van der Waals surface area contributed by atoms with Crippen LogP contribution in [0.15, 0.2) is 24.3 Å². The first-order chi connectivity index (χ1) is 9.31. The van der Waals surface area contributed by atoms with Gasteiger partial charge in [-0.15, -0.1) is 0 Å². The fraction of sp³-hybridized carbons (Fsp3) is 0.562. The monoisotopic (exact) mass is 261 g/mol. The lowest BCUT2D eigenvalue weighted by Crippen LogP contribution is -2.35. The molecule has 104 valence electrons. The SMILES string of the molecule is CCOc1ccccc1CCC(=O)N1CCCCC1. The molecule has 1 aliphatic rings. The van der Waals surface area contributed by atoms with Gasteiger partial charge in [0.2, 0.25) is 5.91 Å². The van der Waals surface area contributed by atoms with E-state index in [1.54, 1.807) is 0 Å². The number of ether oxygens (including phenoxy) is 1. The lowest BCUT2D eigenvalue weighted by Gasteiger charge is -2.26. The van der Waals surface area contributed by atoms with Gasteiger partial charge in [-0.25, -0.2) is 0 Å². The van der Waals surface area contributed by atoms with E-state index in [0.29, 0.717) is 13.0 Å². The Morgan fingerprint density at radius 3 is 2.68 bits per heavy atom. The summed E-state index contributed by atoms with van der Waals surface area (Å²) in [6.07, 6.45) is 4.93. The van der Waals surface area contributed by atoms with Gasteiger partial charge >= 0.3 is 0 Å². The zero-order valence-electron chi connectivity index (χ0n) is 11.7. The molecule has 0 aromatic heterocycles. The van der Waals surface area contributed by atoms with Crippen molar-refractivity contribution in [1.82, 2.24) is 4.90 Å². The van der Waals surface area contributed by atoms with Gasteiger partial charge in [-0.2, -0.15) is 0 Å². The maximum Gasteiger partial charge on any atom is 0.222 e. The third-order valence-corrected chi connectivity index (χ3v) is 3.59. The Bertz CT molecular complexity index is 411. The number of carbonyl (C=O) groups is 1. The summed E-state index contributed by atoms with van der Waals surface area (Å²) in [5.41, 5.74) is 1.13. The largest absolute Gasteiger partial charge is 0.494 e. The van der Waals surface area contributed by atoms with E-state index in [-0.39, 0.29) is 5.91 Å². The third kappa shape index (κ3) is 3.98. The molecule has 0 unspecified atom stereocenters. The van der Waals surface area contributed by atoms with Gasteiger partial charge < -0.3 is 9.64 Å². The molecule has 0 radical (unpaired) electrons. The van der Waals surface area contributed by atoms with Crippen LogP contribution in [0.1, 0.15) is 38.2 Å². The van der Waals surface area contributed by atoms with Crippen LogP contribution < -0.4 is 4.74 Å². The maximum absolute atomic E-state index is 12.1. The van der Waals surface area contributed by atoms with E-state index in [0.717, 1.165) is 43.7 Å². The molecular formula is C16H23NO2. The molecule has 0 N–H and O–H groups in total. The highest BCUT2D eigenvalue weighted by atomic mass is 16.5. The van der Waals surface area contributed by atoms with Gasteiger partial charge in [0.1, 0.15) is 5.75 Å². The van der Waals surface area contributed by atoms with Crippen molar-refractivity contribution >= 4 is 5.91 Å². The zero-order chi connectivity index (χ0) is 13.5. The molecule has 0 atom stereocenters. The number of carbonyl (C=O) groups excluding carboxylic acids is 1. The Labute approximate surface area is 115 Å². The molecule has 1 saturated heterocycles. The Morgan fingerprint density at radius 2 is 1.95 bits per heavy atom. The van der Waals surface area contributed by atoms with Crippen LogP contribution in [-0.4, -0.2) is 30.5 Å². The number of amides is 1. The summed E-state index contributed by atoms with van der Waals surface area (Å²) in [7, 11) is 0. The molecule has 1 aromatic rings. The van der Waals surface area contributed by atoms with Crippen LogP contribution in [0.4, 0.5) is 0 Å². The number of likely N-dealkylation sites (tertiary alicyclic amines) is 1. The highest BCUT2D eigenvalue weighted by Gasteiger charge is 2.16. The molecule has 3 heteroatoms. The van der Waals surface area contributed by atoms with E-state index in [4.69, 9.17) is 4.74 Å². The standard InChI is InChI=1S/C16H23NO2/c1-2-19-15-9-5-4-8-14(15)10-11-16(18)17-12-6-3-7-13-17/h4-5,8-9H,2-3,6-7,10-13H2,1H3. The van der Waals surface area contributed by atoms with Crippen molar-refractivity contribution < 1.29 is 9.53 Å². The van der Waals surface area contributed by atoms with Crippen LogP contribution in [0, 0.1) is 0 Å². The highest BCUT2D eigenvalue weighted by Crippen LogP contribution is 2.20. The van der Waals surface area contributed by atoms with Gasteiger partial charge in [0, 0.05) is 19.5 Å². The number of benzene rings is 1. The predicted octanol–water partition coefficient (Wildman–Crippen LogP) is 3.03. The van der Waals surface area contributed by atoms with Gasteiger partial charge in [-0.3, -0.25) is 4.79 Å². The molecular weight excluding hydrogens is 238 g/mol. The third-order valence-electron chi connectivity index (χ3n) is 3.59. The summed E-state index contributed by atoms with van der Waals surface area (Å²) in [5, 5.41) is 0. The number of hydrogen-bond acceptors (Lipinski definition) is 2. The second kappa shape index (κ2) is 7.17. The minimum absolute atomic E-state index is 0.283. The van der Waals surface area contributed by atoms with E-state index < -0.39 is 0 Å². The fourth-order valence-electron chi connectivity index (χ4n) is 2.55. The molecule has 1 amide bonds. The highest BCUT2D eigenvalue weighted by molar-refractivity contribution is 5.76. The van der Waals surface area contributed by atoms with E-state index in [2.05, 4.69) is 6.07 Å². The fourth-order valence-corrected chi connectivity index (χ4v) is 2.55. The number of nitrogens with zero attached hydrogens (tertiary/aromatic N) is 1. The summed E-state index contributed by atoms with van der Waals surface area (Å²) < 4.78 is 5.59. The summed E-state index contributed by atoms with van der Waals surface area (Å²) in [5.74, 6) is 1.20. The Balaban J connectivity index is 1.89. The van der Waals surface area contributed by atoms with Crippen molar-refractivity contribution in [2.24, 2.45) is 0 Å². The Hall–Kier alpha value is -1.51. The number of para-hydroxylation sites is 1. The van der Waals surface area contributed by atoms with Gasteiger partial charge in [0.25, 0.3) is 0 Å². The molecule has 0 saturated carbocycles. The van der Waals surface area contributed by atoms with Crippen LogP contribution >= 0.6 is 0 Å². The molecule has 2 rings (SSSR count). The quantitative estimate of drug-likeness (QED) is 0.815. The van der Waals surface area contributed by atoms with Gasteiger partial charge in [-0.05, 0) is 44.2 Å². The first-order valence-corrected chi connectivity index (χ1v) is 7.29. The second-order valence-electron chi connectivity index (χ2n) is 4.98. The molecule has 0 bridgehead atoms. The molecule has 1 fully saturated rings. The van der Waals surface area contributed by atoms with Crippen LogP contribution in [0.5, 0.6) is 5.75 Å². The lowest BCUT2D eigenvalue weighted by molar-refractivity contribution is -0.132. The first-order valence-electron chi connectivity index (χ1n) is 7.29. The van der Waals surface area contributed by atoms with Crippen molar-refractivity contribution in [3.63, 3.8) is 0 Å². The minimum Gasteiger partial charge on any atom is -0.494 e. The van der Waals surface area contributed by atoms with Crippen LogP contribution in [0.2, 0.25) is 0 Å². The Morgan fingerprint density at radius 1 is 1.21 bits per heavy atom. The second-order valence-corrected chi connectivity index (χ2v) is 4.98. The van der Waals surface area contributed by atoms with Crippen LogP contribution in [-0.2, 0) is 11.2 Å². The molecule has 1 aromatic carbocycles. The van der Waals surface area contributed by atoms with Crippen molar-refractivity contribution in [2.75, 3.05) is 19.7 Å². The number of hydrogen-bond donors (Lipinski definition) is 0. The van der Waals surface area contributed by atoms with Gasteiger partial charge in [0.15, 0.2) is 0 Å². The summed E-state index contributed by atoms with van der Waals surface area (Å²) in [6.45, 7) is 4.52. The van der Waals surface area contributed by atoms with Gasteiger partial charge in [-0.1, -0.05) is 18.2 Å². The molecule has 19 heavy (non-hydrogen) atoms. The van der Waals surface area contributed by atoms with E-state index in [1.165, 1.54) is 6.42 Å². The van der Waals surface area contributed by atoms with E-state index in [1.807, 2.05) is 30.0 Å². The summed E-state index contributed by atoms with van der Waals surface area (Å²) in [6, 6.07) is 8.00. The molecule has 3 nitrogen and oxygen atoms in total. The van der Waals surface area contributed by atoms with Crippen molar-refractivity contribution in [3.8, 4) is 5.75 Å². The average Bonchev–Trinajstić information content (AvgIpc) is 2.47. The zero-order valence-corrected chi connectivity index (χ0v) is 11.7. The summed E-state index contributed by atoms with van der Waals surface area (Å²) >= 11 is 0. The topological polar surface area (TPSA) is 29.5 Å². The predicted molar refractivity (Wildman–Crippen MR) is 76.4 cm³/mol. The average molecular weight is 261 g/mol. The first kappa shape index (κ1) is 13.9. The summed E-state index contributed by atoms with van der Waals surface area (Å²) in [4.78, 5) is 14.1. The van der Waals surface area contributed by atoms with Crippen molar-refractivity contribution in [2.45, 2.75) is 39.0 Å². The van der Waals surface area contributed by atoms with E-state index >= 15 is 0 Å². The molecule has 1 heterocycles. The molecule has 0 spiro atoms. The number of piperidine rings is 1. The van der Waals surface area contributed by atoms with Crippen LogP contribution in [0.3, 0.4) is 0 Å². The van der Waals surface area contributed by atoms with Crippen molar-refractivity contribution in [3.05, 3.63) is 29.8 Å². The van der Waals surface area contributed by atoms with Gasteiger partial charge in [0.05, 0.1) is 6.61 Å². The van der Waals surface area contributed by atoms with Crippen molar-refractivity contribution in [1.29, 1.82) is 0 Å². The van der Waals surface area contributed by atoms with E-state index in [9.17, 15) is 4.79 Å². The number of aryl methyl sites for hydroxylation is 1.